The van der Waals surface area contributed by atoms with E-state index >= 15 is 0 Å². The molecular weight excluding hydrogens is 380 g/mol. The third-order valence-corrected chi connectivity index (χ3v) is 5.17. The second kappa shape index (κ2) is 9.36. The first-order chi connectivity index (χ1) is 13.2. The Balaban J connectivity index is 2.18. The minimum absolute atomic E-state index is 0.117. The first-order valence-corrected chi connectivity index (χ1v) is 9.57. The minimum atomic E-state index is -0.459. The molecule has 1 aromatic heterocycles. The molecule has 0 saturated heterocycles. The first-order valence-electron chi connectivity index (χ1n) is 8.76. The number of ether oxygens (including phenoxy) is 2. The molecule has 0 aliphatic carbocycles. The van der Waals surface area contributed by atoms with Crippen LogP contribution in [0.25, 0.3) is 0 Å². The topological polar surface area (TPSA) is 84.9 Å². The average Bonchev–Trinajstić information content (AvgIpc) is 2.93. The molecule has 0 aliphatic heterocycles. The van der Waals surface area contributed by atoms with E-state index in [-0.39, 0.29) is 25.0 Å². The van der Waals surface area contributed by atoms with Crippen LogP contribution in [0.2, 0.25) is 0 Å². The van der Waals surface area contributed by atoms with Crippen LogP contribution in [0.5, 0.6) is 5.75 Å². The molecular formula is C20H24N2O5S. The van der Waals surface area contributed by atoms with E-state index in [2.05, 4.69) is 5.32 Å². The van der Waals surface area contributed by atoms with Gasteiger partial charge < -0.3 is 19.7 Å². The van der Waals surface area contributed by atoms with Crippen molar-refractivity contribution in [2.75, 3.05) is 32.6 Å². The van der Waals surface area contributed by atoms with Crippen molar-refractivity contribution in [3.05, 3.63) is 45.8 Å². The number of nitrogens with zero attached hydrogens (tertiary/aromatic N) is 1. The summed E-state index contributed by atoms with van der Waals surface area (Å²) in [5.41, 5.74) is 1.52. The lowest BCUT2D eigenvalue weighted by atomic mass is 10.1. The van der Waals surface area contributed by atoms with Crippen molar-refractivity contribution in [2.24, 2.45) is 0 Å². The Hall–Kier alpha value is -2.87. The molecule has 2 aromatic rings. The Morgan fingerprint density at radius 3 is 2.54 bits per heavy atom. The molecule has 1 N–H and O–H groups in total. The van der Waals surface area contributed by atoms with Crippen molar-refractivity contribution in [1.29, 1.82) is 0 Å². The maximum atomic E-state index is 12.7. The van der Waals surface area contributed by atoms with Gasteiger partial charge in [0.25, 0.3) is 11.8 Å². The van der Waals surface area contributed by atoms with Gasteiger partial charge in [0.1, 0.15) is 10.8 Å². The van der Waals surface area contributed by atoms with E-state index in [4.69, 9.17) is 9.47 Å². The van der Waals surface area contributed by atoms with Crippen LogP contribution in [-0.2, 0) is 9.53 Å². The normalized spacial score (nSPS) is 10.3. The van der Waals surface area contributed by atoms with E-state index in [9.17, 15) is 14.4 Å². The van der Waals surface area contributed by atoms with Gasteiger partial charge in [-0.25, -0.2) is 4.79 Å². The van der Waals surface area contributed by atoms with Crippen molar-refractivity contribution >= 4 is 34.1 Å². The fourth-order valence-electron chi connectivity index (χ4n) is 2.34. The molecule has 0 unspecified atom stereocenters. The smallest absolute Gasteiger partial charge is 0.341 e. The van der Waals surface area contributed by atoms with Gasteiger partial charge in [0.15, 0.2) is 6.61 Å². The van der Waals surface area contributed by atoms with Crippen LogP contribution < -0.4 is 10.1 Å². The fraction of sp³-hybridized carbons (Fsp3) is 0.350. The van der Waals surface area contributed by atoms with Crippen LogP contribution in [0.15, 0.2) is 24.3 Å². The van der Waals surface area contributed by atoms with Crippen molar-refractivity contribution in [3.63, 3.8) is 0 Å². The second-order valence-electron chi connectivity index (χ2n) is 6.27. The van der Waals surface area contributed by atoms with Crippen LogP contribution in [0.3, 0.4) is 0 Å². The number of anilines is 1. The number of benzene rings is 1. The van der Waals surface area contributed by atoms with Crippen LogP contribution in [0, 0.1) is 13.8 Å². The maximum Gasteiger partial charge on any atom is 0.341 e. The second-order valence-corrected chi connectivity index (χ2v) is 7.49. The lowest BCUT2D eigenvalue weighted by Crippen LogP contribution is -2.27. The van der Waals surface area contributed by atoms with Crippen molar-refractivity contribution in [1.82, 2.24) is 4.90 Å². The van der Waals surface area contributed by atoms with Gasteiger partial charge in [0.2, 0.25) is 0 Å². The number of hydrogen-bond acceptors (Lipinski definition) is 6. The summed E-state index contributed by atoms with van der Waals surface area (Å²) in [6.45, 7) is 5.58. The molecule has 2 amide bonds. The summed E-state index contributed by atoms with van der Waals surface area (Å²) >= 11 is 1.33. The number of hydrogen-bond donors (Lipinski definition) is 1. The maximum absolute atomic E-state index is 12.7. The summed E-state index contributed by atoms with van der Waals surface area (Å²) < 4.78 is 10.5. The van der Waals surface area contributed by atoms with Crippen LogP contribution >= 0.6 is 11.3 Å². The van der Waals surface area contributed by atoms with Crippen LogP contribution in [-0.4, -0.2) is 50.0 Å². The van der Waals surface area contributed by atoms with Gasteiger partial charge in [0, 0.05) is 24.5 Å². The molecule has 150 valence electrons. The largest absolute Gasteiger partial charge is 0.484 e. The Morgan fingerprint density at radius 2 is 1.89 bits per heavy atom. The highest BCUT2D eigenvalue weighted by Crippen LogP contribution is 2.33. The number of thiophene rings is 1. The Bertz CT molecular complexity index is 889. The zero-order chi connectivity index (χ0) is 20.8. The third kappa shape index (κ3) is 5.10. The average molecular weight is 404 g/mol. The summed E-state index contributed by atoms with van der Waals surface area (Å²) in [4.78, 5) is 38.9. The summed E-state index contributed by atoms with van der Waals surface area (Å²) in [6.07, 6.45) is 0. The molecule has 8 heteroatoms. The van der Waals surface area contributed by atoms with E-state index in [0.29, 0.717) is 21.9 Å². The van der Waals surface area contributed by atoms with Crippen LogP contribution in [0.4, 0.5) is 5.00 Å². The van der Waals surface area contributed by atoms with Gasteiger partial charge in [-0.3, -0.25) is 9.59 Å². The first kappa shape index (κ1) is 21.4. The van der Waals surface area contributed by atoms with Crippen LogP contribution in [0.1, 0.15) is 38.1 Å². The number of carbonyl (C=O) groups excluding carboxylic acids is 3. The number of amides is 2. The quantitative estimate of drug-likeness (QED) is 0.716. The number of aryl methyl sites for hydroxylation is 1. The van der Waals surface area contributed by atoms with Gasteiger partial charge in [-0.1, -0.05) is 6.07 Å². The van der Waals surface area contributed by atoms with Crippen molar-refractivity contribution in [3.8, 4) is 5.75 Å². The number of carbonyl (C=O) groups is 3. The molecule has 0 spiro atoms. The van der Waals surface area contributed by atoms with E-state index < -0.39 is 5.97 Å². The monoisotopic (exact) mass is 404 g/mol. The molecule has 1 aromatic carbocycles. The van der Waals surface area contributed by atoms with E-state index in [1.165, 1.54) is 16.2 Å². The highest BCUT2D eigenvalue weighted by Gasteiger charge is 2.22. The van der Waals surface area contributed by atoms with E-state index in [1.54, 1.807) is 45.3 Å². The highest BCUT2D eigenvalue weighted by atomic mass is 32.1. The molecule has 0 bridgehead atoms. The van der Waals surface area contributed by atoms with Gasteiger partial charge >= 0.3 is 5.97 Å². The van der Waals surface area contributed by atoms with E-state index in [1.807, 2.05) is 13.8 Å². The standard InChI is InChI=1S/C20H24N2O5S/c1-6-26-20(25)17-12(2)13(3)28-19(17)21-18(24)14-8-7-9-15(10-14)27-11-16(23)22(4)5/h7-10H,6,11H2,1-5H3,(H,21,24). The number of nitrogens with one attached hydrogen (secondary N) is 1. The number of rotatable bonds is 7. The Morgan fingerprint density at radius 1 is 1.18 bits per heavy atom. The molecule has 2 rings (SSSR count). The number of esters is 1. The third-order valence-electron chi connectivity index (χ3n) is 4.05. The summed E-state index contributed by atoms with van der Waals surface area (Å²) in [5, 5.41) is 3.24. The van der Waals surface area contributed by atoms with Crippen molar-refractivity contribution < 1.29 is 23.9 Å². The highest BCUT2D eigenvalue weighted by molar-refractivity contribution is 7.16. The molecule has 0 radical (unpaired) electrons. The van der Waals surface area contributed by atoms with E-state index in [0.717, 1.165) is 10.4 Å². The predicted molar refractivity (Wildman–Crippen MR) is 108 cm³/mol. The molecule has 0 fully saturated rings. The molecule has 0 aliphatic rings. The Labute approximate surface area is 168 Å². The molecule has 7 nitrogen and oxygen atoms in total. The zero-order valence-corrected chi connectivity index (χ0v) is 17.4. The SMILES string of the molecule is CCOC(=O)c1c(NC(=O)c2cccc(OCC(=O)N(C)C)c2)sc(C)c1C. The van der Waals surface area contributed by atoms with Gasteiger partial charge in [-0.05, 0) is 44.5 Å². The lowest BCUT2D eigenvalue weighted by molar-refractivity contribution is -0.130. The zero-order valence-electron chi connectivity index (χ0n) is 16.6. The summed E-state index contributed by atoms with van der Waals surface area (Å²) in [5.74, 6) is -0.611. The fourth-order valence-corrected chi connectivity index (χ4v) is 3.38. The van der Waals surface area contributed by atoms with Gasteiger partial charge in [0.05, 0.1) is 12.2 Å². The molecule has 28 heavy (non-hydrogen) atoms. The van der Waals surface area contributed by atoms with Gasteiger partial charge in [-0.2, -0.15) is 0 Å². The molecule has 1 heterocycles. The minimum Gasteiger partial charge on any atom is -0.484 e. The molecule has 0 saturated carbocycles. The molecule has 0 atom stereocenters. The Kier molecular flexibility index (Phi) is 7.17. The number of likely N-dealkylation sites (N-methyl/N-ethyl adjacent to an activating group) is 1. The summed E-state index contributed by atoms with van der Waals surface area (Å²) in [6, 6.07) is 6.52. The van der Waals surface area contributed by atoms with Crippen molar-refractivity contribution in [2.45, 2.75) is 20.8 Å². The predicted octanol–water partition coefficient (Wildman–Crippen LogP) is 3.26. The van der Waals surface area contributed by atoms with Gasteiger partial charge in [-0.15, -0.1) is 11.3 Å². The lowest BCUT2D eigenvalue weighted by Gasteiger charge is -2.12. The summed E-state index contributed by atoms with van der Waals surface area (Å²) in [7, 11) is 3.28.